The highest BCUT2D eigenvalue weighted by Crippen LogP contribution is 2.05. The second-order valence-electron chi connectivity index (χ2n) is 4.16. The van der Waals surface area contributed by atoms with E-state index in [0.29, 0.717) is 6.04 Å². The Hall–Kier alpha value is -1.55. The number of hydrogen-bond acceptors (Lipinski definition) is 3. The van der Waals surface area contributed by atoms with Crippen LogP contribution in [0.4, 0.5) is 0 Å². The minimum absolute atomic E-state index is 0.419. The SMILES string of the molecule is CC(C)n1cc(CNCc2ccoc2)cn1. The van der Waals surface area contributed by atoms with E-state index < -0.39 is 0 Å². The first-order chi connectivity index (χ1) is 7.75. The molecule has 2 aromatic rings. The van der Waals surface area contributed by atoms with E-state index in [2.05, 4.69) is 30.5 Å². The largest absolute Gasteiger partial charge is 0.472 e. The summed E-state index contributed by atoms with van der Waals surface area (Å²) in [5.41, 5.74) is 2.37. The van der Waals surface area contributed by atoms with E-state index in [1.165, 1.54) is 5.56 Å². The average Bonchev–Trinajstić information content (AvgIpc) is 2.87. The van der Waals surface area contributed by atoms with E-state index in [0.717, 1.165) is 18.7 Å². The third-order valence-corrected chi connectivity index (χ3v) is 2.42. The fraction of sp³-hybridized carbons (Fsp3) is 0.417. The molecule has 0 atom stereocenters. The van der Waals surface area contributed by atoms with Gasteiger partial charge in [0.2, 0.25) is 0 Å². The van der Waals surface area contributed by atoms with Crippen LogP contribution in [0.2, 0.25) is 0 Å². The topological polar surface area (TPSA) is 43.0 Å². The van der Waals surface area contributed by atoms with Crippen LogP contribution in [0.25, 0.3) is 0 Å². The minimum Gasteiger partial charge on any atom is -0.472 e. The summed E-state index contributed by atoms with van der Waals surface area (Å²) in [4.78, 5) is 0. The zero-order valence-corrected chi connectivity index (χ0v) is 9.68. The van der Waals surface area contributed by atoms with Crippen molar-refractivity contribution in [3.8, 4) is 0 Å². The Balaban J connectivity index is 1.81. The van der Waals surface area contributed by atoms with Crippen molar-refractivity contribution < 1.29 is 4.42 Å². The van der Waals surface area contributed by atoms with Crippen LogP contribution in [-0.4, -0.2) is 9.78 Å². The molecule has 0 amide bonds. The van der Waals surface area contributed by atoms with Gasteiger partial charge in [-0.3, -0.25) is 4.68 Å². The average molecular weight is 219 g/mol. The number of aromatic nitrogens is 2. The number of hydrogen-bond donors (Lipinski definition) is 1. The Kier molecular flexibility index (Phi) is 3.41. The van der Waals surface area contributed by atoms with Gasteiger partial charge in [0.05, 0.1) is 18.7 Å². The maximum Gasteiger partial charge on any atom is 0.0947 e. The molecule has 0 radical (unpaired) electrons. The van der Waals surface area contributed by atoms with Gasteiger partial charge in [0.25, 0.3) is 0 Å². The van der Waals surface area contributed by atoms with Gasteiger partial charge in [-0.15, -0.1) is 0 Å². The van der Waals surface area contributed by atoms with Gasteiger partial charge in [0.15, 0.2) is 0 Å². The lowest BCUT2D eigenvalue weighted by atomic mass is 10.3. The monoisotopic (exact) mass is 219 g/mol. The molecule has 0 unspecified atom stereocenters. The molecule has 16 heavy (non-hydrogen) atoms. The van der Waals surface area contributed by atoms with Gasteiger partial charge in [-0.25, -0.2) is 0 Å². The molecule has 4 nitrogen and oxygen atoms in total. The van der Waals surface area contributed by atoms with Crippen LogP contribution in [-0.2, 0) is 13.1 Å². The normalized spacial score (nSPS) is 11.2. The standard InChI is InChI=1S/C12H17N3O/c1-10(2)15-8-12(7-14-15)6-13-5-11-3-4-16-9-11/h3-4,7-10,13H,5-6H2,1-2H3. The van der Waals surface area contributed by atoms with E-state index in [1.807, 2.05) is 16.9 Å². The second kappa shape index (κ2) is 4.99. The van der Waals surface area contributed by atoms with Crippen molar-refractivity contribution in [1.29, 1.82) is 0 Å². The summed E-state index contributed by atoms with van der Waals surface area (Å²) in [6.07, 6.45) is 7.42. The van der Waals surface area contributed by atoms with Crippen LogP contribution < -0.4 is 5.32 Å². The molecule has 2 heterocycles. The van der Waals surface area contributed by atoms with Crippen molar-refractivity contribution in [2.45, 2.75) is 33.0 Å². The Labute approximate surface area is 95.3 Å². The third kappa shape index (κ3) is 2.73. The van der Waals surface area contributed by atoms with Gasteiger partial charge in [-0.2, -0.15) is 5.10 Å². The molecule has 0 aliphatic carbocycles. The molecule has 86 valence electrons. The van der Waals surface area contributed by atoms with E-state index in [9.17, 15) is 0 Å². The van der Waals surface area contributed by atoms with Gasteiger partial charge >= 0.3 is 0 Å². The zero-order valence-electron chi connectivity index (χ0n) is 9.68. The molecule has 0 spiro atoms. The van der Waals surface area contributed by atoms with E-state index in [1.54, 1.807) is 12.5 Å². The molecule has 0 aliphatic rings. The first-order valence-corrected chi connectivity index (χ1v) is 5.50. The molecule has 0 aromatic carbocycles. The molecule has 2 aromatic heterocycles. The molecule has 1 N–H and O–H groups in total. The summed E-state index contributed by atoms with van der Waals surface area (Å²) in [5.74, 6) is 0. The molecule has 0 aliphatic heterocycles. The predicted octanol–water partition coefficient (Wildman–Crippen LogP) is 2.35. The van der Waals surface area contributed by atoms with Gasteiger partial charge in [-0.05, 0) is 19.9 Å². The summed E-state index contributed by atoms with van der Waals surface area (Å²) >= 11 is 0. The Morgan fingerprint density at radius 2 is 2.19 bits per heavy atom. The lowest BCUT2D eigenvalue weighted by Crippen LogP contribution is -2.11. The summed E-state index contributed by atoms with van der Waals surface area (Å²) in [7, 11) is 0. The van der Waals surface area contributed by atoms with Crippen LogP contribution in [0, 0.1) is 0 Å². The van der Waals surface area contributed by atoms with Gasteiger partial charge in [0.1, 0.15) is 0 Å². The third-order valence-electron chi connectivity index (χ3n) is 2.42. The summed E-state index contributed by atoms with van der Waals surface area (Å²) < 4.78 is 6.96. The van der Waals surface area contributed by atoms with Crippen LogP contribution in [0.1, 0.15) is 31.0 Å². The molecule has 0 fully saturated rings. The van der Waals surface area contributed by atoms with Crippen LogP contribution in [0.3, 0.4) is 0 Å². The van der Waals surface area contributed by atoms with Crippen LogP contribution in [0.5, 0.6) is 0 Å². The van der Waals surface area contributed by atoms with Gasteiger partial charge in [0, 0.05) is 36.5 Å². The van der Waals surface area contributed by atoms with Crippen molar-refractivity contribution >= 4 is 0 Å². The quantitative estimate of drug-likeness (QED) is 0.839. The Morgan fingerprint density at radius 3 is 2.81 bits per heavy atom. The predicted molar refractivity (Wildman–Crippen MR) is 61.9 cm³/mol. The highest BCUT2D eigenvalue weighted by molar-refractivity contribution is 5.07. The van der Waals surface area contributed by atoms with Crippen molar-refractivity contribution in [1.82, 2.24) is 15.1 Å². The number of furan rings is 1. The van der Waals surface area contributed by atoms with E-state index in [-0.39, 0.29) is 0 Å². The number of nitrogens with one attached hydrogen (secondary N) is 1. The van der Waals surface area contributed by atoms with E-state index >= 15 is 0 Å². The molecular formula is C12H17N3O. The maximum atomic E-state index is 5.00. The minimum atomic E-state index is 0.419. The smallest absolute Gasteiger partial charge is 0.0947 e. The van der Waals surface area contributed by atoms with Crippen LogP contribution >= 0.6 is 0 Å². The molecule has 0 saturated heterocycles. The highest BCUT2D eigenvalue weighted by atomic mass is 16.3. The van der Waals surface area contributed by atoms with Crippen molar-refractivity contribution in [2.75, 3.05) is 0 Å². The second-order valence-corrected chi connectivity index (χ2v) is 4.16. The molecule has 0 saturated carbocycles. The fourth-order valence-electron chi connectivity index (χ4n) is 1.50. The van der Waals surface area contributed by atoms with Gasteiger partial charge in [-0.1, -0.05) is 0 Å². The maximum absolute atomic E-state index is 5.00. The highest BCUT2D eigenvalue weighted by Gasteiger charge is 2.01. The molecule has 4 heteroatoms. The Bertz CT molecular complexity index is 417. The summed E-state index contributed by atoms with van der Waals surface area (Å²) in [5, 5.41) is 7.63. The molecular weight excluding hydrogens is 202 g/mol. The van der Waals surface area contributed by atoms with Crippen molar-refractivity contribution in [2.24, 2.45) is 0 Å². The first-order valence-electron chi connectivity index (χ1n) is 5.50. The molecule has 2 rings (SSSR count). The van der Waals surface area contributed by atoms with Crippen molar-refractivity contribution in [3.05, 3.63) is 42.1 Å². The summed E-state index contributed by atoms with van der Waals surface area (Å²) in [6.45, 7) is 5.90. The molecule has 0 bridgehead atoms. The number of nitrogens with zero attached hydrogens (tertiary/aromatic N) is 2. The van der Waals surface area contributed by atoms with Crippen molar-refractivity contribution in [3.63, 3.8) is 0 Å². The lowest BCUT2D eigenvalue weighted by Gasteiger charge is -2.03. The van der Waals surface area contributed by atoms with E-state index in [4.69, 9.17) is 4.42 Å². The first kappa shape index (κ1) is 11.0. The lowest BCUT2D eigenvalue weighted by molar-refractivity contribution is 0.531. The Morgan fingerprint density at radius 1 is 1.38 bits per heavy atom. The van der Waals surface area contributed by atoms with Crippen LogP contribution in [0.15, 0.2) is 35.4 Å². The zero-order chi connectivity index (χ0) is 11.4. The fourth-order valence-corrected chi connectivity index (χ4v) is 1.50. The van der Waals surface area contributed by atoms with Gasteiger partial charge < -0.3 is 9.73 Å². The summed E-state index contributed by atoms with van der Waals surface area (Å²) in [6, 6.07) is 2.38. The number of rotatable bonds is 5.